The van der Waals surface area contributed by atoms with Gasteiger partial charge in [0.25, 0.3) is 0 Å². The van der Waals surface area contributed by atoms with Gasteiger partial charge < -0.3 is 14.2 Å². The molecule has 0 saturated carbocycles. The topological polar surface area (TPSA) is 78.9 Å². The lowest BCUT2D eigenvalue weighted by Crippen LogP contribution is -2.30. The summed E-state index contributed by atoms with van der Waals surface area (Å²) in [7, 11) is 0. The normalized spacial score (nSPS) is 12.4. The summed E-state index contributed by atoms with van der Waals surface area (Å²) >= 11 is 0. The Bertz CT molecular complexity index is 1410. The van der Waals surface area contributed by atoms with Gasteiger partial charge in [-0.25, -0.2) is 0 Å². The fraction of sp³-hybridized carbons (Fsp3) is 0.822. The molecule has 0 fully saturated rings. The Kier molecular flexibility index (Phi) is 65.1. The van der Waals surface area contributed by atoms with Crippen LogP contribution in [0.5, 0.6) is 0 Å². The van der Waals surface area contributed by atoms with E-state index < -0.39 is 12.1 Å². The first-order valence-electron chi connectivity index (χ1n) is 34.8. The van der Waals surface area contributed by atoms with E-state index in [9.17, 15) is 14.4 Å². The van der Waals surface area contributed by atoms with Gasteiger partial charge in [-0.3, -0.25) is 14.4 Å². The van der Waals surface area contributed by atoms with Crippen LogP contribution in [0.3, 0.4) is 0 Å². The van der Waals surface area contributed by atoms with Gasteiger partial charge in [0.1, 0.15) is 13.2 Å². The Labute approximate surface area is 491 Å². The molecule has 0 amide bonds. The van der Waals surface area contributed by atoms with Crippen molar-refractivity contribution in [1.82, 2.24) is 0 Å². The number of unbranched alkanes of at least 4 members (excludes halogenated alkanes) is 44. The number of carbonyl (C=O) groups excluding carboxylic acids is 3. The van der Waals surface area contributed by atoms with Crippen molar-refractivity contribution < 1.29 is 28.6 Å². The van der Waals surface area contributed by atoms with E-state index in [-0.39, 0.29) is 31.6 Å². The van der Waals surface area contributed by atoms with Gasteiger partial charge in [0.05, 0.1) is 6.42 Å². The molecule has 0 N–H and O–H groups in total. The van der Waals surface area contributed by atoms with E-state index in [2.05, 4.69) is 69.4 Å². The van der Waals surface area contributed by atoms with Crippen molar-refractivity contribution in [2.45, 2.75) is 374 Å². The minimum Gasteiger partial charge on any atom is -0.462 e. The zero-order valence-corrected chi connectivity index (χ0v) is 52.9. The van der Waals surface area contributed by atoms with Crippen LogP contribution in [0.1, 0.15) is 367 Å². The second-order valence-electron chi connectivity index (χ2n) is 23.4. The van der Waals surface area contributed by atoms with Crippen LogP contribution in [-0.2, 0) is 28.6 Å². The van der Waals surface area contributed by atoms with Crippen LogP contribution in [0.15, 0.2) is 60.8 Å². The molecule has 6 heteroatoms. The Hall–Kier alpha value is -2.89. The summed E-state index contributed by atoms with van der Waals surface area (Å²) < 4.78 is 16.8. The molecule has 0 aliphatic carbocycles. The van der Waals surface area contributed by atoms with E-state index in [1.54, 1.807) is 6.08 Å². The van der Waals surface area contributed by atoms with Gasteiger partial charge in [-0.05, 0) is 44.9 Å². The van der Waals surface area contributed by atoms with Crippen molar-refractivity contribution in [3.8, 4) is 0 Å². The molecule has 0 aromatic rings. The number of hydrogen-bond acceptors (Lipinski definition) is 6. The van der Waals surface area contributed by atoms with Crippen LogP contribution in [0.2, 0.25) is 0 Å². The molecule has 460 valence electrons. The molecule has 0 radical (unpaired) electrons. The fourth-order valence-corrected chi connectivity index (χ4v) is 10.4. The summed E-state index contributed by atoms with van der Waals surface area (Å²) in [5, 5.41) is 0. The number of hydrogen-bond donors (Lipinski definition) is 0. The molecule has 6 nitrogen and oxygen atoms in total. The number of allylic oxidation sites excluding steroid dienone is 9. The van der Waals surface area contributed by atoms with Crippen LogP contribution in [0.25, 0.3) is 0 Å². The van der Waals surface area contributed by atoms with Gasteiger partial charge >= 0.3 is 17.9 Å². The monoisotopic (exact) mass is 1110 g/mol. The Balaban J connectivity index is 4.19. The molecular weight excluding hydrogens is 973 g/mol. The lowest BCUT2D eigenvalue weighted by Gasteiger charge is -2.18. The standard InChI is InChI=1S/C73H132O6/c1-4-7-10-13-16-19-22-25-28-29-30-31-32-33-34-35-36-37-38-39-40-41-42-43-46-48-51-54-57-60-63-66-72(75)78-69-70(79-73(76)67-64-61-58-55-52-49-45-27-24-21-18-15-12-9-6-3)68-77-71(74)65-62-59-56-53-50-47-44-26-23-20-17-14-11-8-5-2/h9,12,18,21,27,45,52,55,61,64,70H,4-8,10-11,13-17,19-20,22-26,28-44,46-51,53-54,56-60,62-63,65-69H2,1-3H3/b12-9-,21-18-,45-27-,55-52-,64-61-. The minimum absolute atomic E-state index is 0.102. The quantitative estimate of drug-likeness (QED) is 0.0261. The van der Waals surface area contributed by atoms with Crippen LogP contribution >= 0.6 is 0 Å². The smallest absolute Gasteiger partial charge is 0.310 e. The first-order valence-corrected chi connectivity index (χ1v) is 34.8. The number of esters is 3. The summed E-state index contributed by atoms with van der Waals surface area (Å²) in [6.07, 6.45) is 87.3. The second kappa shape index (κ2) is 67.6. The van der Waals surface area contributed by atoms with Crippen LogP contribution in [0.4, 0.5) is 0 Å². The van der Waals surface area contributed by atoms with E-state index >= 15 is 0 Å². The van der Waals surface area contributed by atoms with E-state index in [0.717, 1.165) is 70.6 Å². The molecule has 0 rings (SSSR count). The van der Waals surface area contributed by atoms with Crippen molar-refractivity contribution in [2.75, 3.05) is 13.2 Å². The summed E-state index contributed by atoms with van der Waals surface area (Å²) in [5.74, 6) is -1.02. The third-order valence-corrected chi connectivity index (χ3v) is 15.6. The predicted octanol–water partition coefficient (Wildman–Crippen LogP) is 23.9. The first kappa shape index (κ1) is 76.1. The zero-order chi connectivity index (χ0) is 57.1. The van der Waals surface area contributed by atoms with Crippen molar-refractivity contribution in [2.24, 2.45) is 0 Å². The summed E-state index contributed by atoms with van der Waals surface area (Å²) in [4.78, 5) is 38.3. The third kappa shape index (κ3) is 65.8. The molecule has 0 aliphatic rings. The van der Waals surface area contributed by atoms with Crippen molar-refractivity contribution in [3.05, 3.63) is 60.8 Å². The molecular formula is C73H132O6. The SMILES string of the molecule is CC/C=C\C/C=C\C/C=C\C/C=C\C/C=C\CC(=O)OC(COC(=O)CCCCCCCCCCCCCCCCC)COC(=O)CCCCCCCCCCCCCCCCCCCCCCCCCCCCCCCCC. The molecule has 1 atom stereocenters. The fourth-order valence-electron chi connectivity index (χ4n) is 10.4. The zero-order valence-electron chi connectivity index (χ0n) is 52.9. The number of carbonyl (C=O) groups is 3. The first-order chi connectivity index (χ1) is 39.0. The van der Waals surface area contributed by atoms with Gasteiger partial charge in [0.2, 0.25) is 0 Å². The largest absolute Gasteiger partial charge is 0.462 e. The minimum atomic E-state index is -0.826. The van der Waals surface area contributed by atoms with Crippen LogP contribution in [-0.4, -0.2) is 37.2 Å². The maximum absolute atomic E-state index is 12.8. The Morgan fingerprint density at radius 3 is 0.722 bits per heavy atom. The van der Waals surface area contributed by atoms with Gasteiger partial charge in [-0.2, -0.15) is 0 Å². The highest BCUT2D eigenvalue weighted by molar-refractivity contribution is 5.72. The highest BCUT2D eigenvalue weighted by atomic mass is 16.6. The van der Waals surface area contributed by atoms with Crippen molar-refractivity contribution in [1.29, 1.82) is 0 Å². The van der Waals surface area contributed by atoms with E-state index in [1.165, 1.54) is 257 Å². The van der Waals surface area contributed by atoms with E-state index in [4.69, 9.17) is 14.2 Å². The average Bonchev–Trinajstić information content (AvgIpc) is 3.45. The molecule has 0 aromatic carbocycles. The lowest BCUT2D eigenvalue weighted by atomic mass is 10.0. The van der Waals surface area contributed by atoms with Crippen LogP contribution < -0.4 is 0 Å². The molecule has 0 aromatic heterocycles. The second-order valence-corrected chi connectivity index (χ2v) is 23.4. The number of ether oxygens (including phenoxy) is 3. The highest BCUT2D eigenvalue weighted by Gasteiger charge is 2.19. The van der Waals surface area contributed by atoms with E-state index in [0.29, 0.717) is 12.8 Å². The maximum Gasteiger partial charge on any atom is 0.310 e. The Morgan fingerprint density at radius 1 is 0.266 bits per heavy atom. The van der Waals surface area contributed by atoms with E-state index in [1.807, 2.05) is 6.08 Å². The molecule has 0 heterocycles. The lowest BCUT2D eigenvalue weighted by molar-refractivity contribution is -0.166. The summed E-state index contributed by atoms with van der Waals surface area (Å²) in [6.45, 7) is 6.50. The molecule has 0 saturated heterocycles. The van der Waals surface area contributed by atoms with Gasteiger partial charge in [0, 0.05) is 12.8 Å². The van der Waals surface area contributed by atoms with Crippen LogP contribution in [0, 0.1) is 0 Å². The van der Waals surface area contributed by atoms with Gasteiger partial charge in [-0.15, -0.1) is 0 Å². The van der Waals surface area contributed by atoms with Gasteiger partial charge in [0.15, 0.2) is 6.10 Å². The molecule has 79 heavy (non-hydrogen) atoms. The summed E-state index contributed by atoms with van der Waals surface area (Å²) in [6, 6.07) is 0. The molecule has 0 aliphatic heterocycles. The van der Waals surface area contributed by atoms with Gasteiger partial charge in [-0.1, -0.05) is 364 Å². The Morgan fingerprint density at radius 2 is 0.481 bits per heavy atom. The predicted molar refractivity (Wildman–Crippen MR) is 344 cm³/mol. The molecule has 1 unspecified atom stereocenters. The maximum atomic E-state index is 12.8. The summed E-state index contributed by atoms with van der Waals surface area (Å²) in [5.41, 5.74) is 0. The molecule has 0 spiro atoms. The average molecular weight is 1110 g/mol. The van der Waals surface area contributed by atoms with Crippen molar-refractivity contribution in [3.63, 3.8) is 0 Å². The molecule has 0 bridgehead atoms. The van der Waals surface area contributed by atoms with Crippen molar-refractivity contribution >= 4 is 17.9 Å². The highest BCUT2D eigenvalue weighted by Crippen LogP contribution is 2.19. The number of rotatable bonds is 64. The third-order valence-electron chi connectivity index (χ3n) is 15.6.